The van der Waals surface area contributed by atoms with E-state index in [0.29, 0.717) is 6.04 Å². The van der Waals surface area contributed by atoms with Crippen molar-refractivity contribution < 1.29 is 0 Å². The number of aromatic nitrogens is 1. The zero-order valence-electron chi connectivity index (χ0n) is 13.6. The summed E-state index contributed by atoms with van der Waals surface area (Å²) in [6.45, 7) is 9.18. The molecule has 0 saturated heterocycles. The molecule has 0 saturated carbocycles. The van der Waals surface area contributed by atoms with Crippen LogP contribution in [0.25, 0.3) is 0 Å². The first-order valence-electron chi connectivity index (χ1n) is 7.08. The molecule has 1 aromatic rings. The van der Waals surface area contributed by atoms with Gasteiger partial charge in [0, 0.05) is 44.5 Å². The Morgan fingerprint density at radius 1 is 1.38 bits per heavy atom. The third kappa shape index (κ3) is 8.57. The average Bonchev–Trinajstić information content (AvgIpc) is 2.82. The number of likely N-dealkylation sites (N-methyl/N-ethyl adjacent to an activating group) is 1. The van der Waals surface area contributed by atoms with Crippen molar-refractivity contribution in [3.63, 3.8) is 0 Å². The summed E-state index contributed by atoms with van der Waals surface area (Å²) >= 11 is 1.70. The van der Waals surface area contributed by atoms with Crippen LogP contribution in [0.4, 0.5) is 0 Å². The maximum absolute atomic E-state index is 4.45. The molecule has 0 amide bonds. The van der Waals surface area contributed by atoms with E-state index in [9.17, 15) is 0 Å². The lowest BCUT2D eigenvalue weighted by Crippen LogP contribution is -2.42. The van der Waals surface area contributed by atoms with Crippen LogP contribution < -0.4 is 10.6 Å². The van der Waals surface area contributed by atoms with Crippen molar-refractivity contribution in [2.45, 2.75) is 33.2 Å². The lowest BCUT2D eigenvalue weighted by atomic mass is 10.3. The Balaban J connectivity index is 0.00000400. The zero-order chi connectivity index (χ0) is 15.0. The molecular weight excluding hydrogens is 397 g/mol. The number of rotatable bonds is 7. The van der Waals surface area contributed by atoms with Gasteiger partial charge in [0.25, 0.3) is 0 Å². The fourth-order valence-electron chi connectivity index (χ4n) is 1.66. The molecule has 0 fully saturated rings. The zero-order valence-corrected chi connectivity index (χ0v) is 16.8. The molecule has 0 radical (unpaired) electrons. The quantitative estimate of drug-likeness (QED) is 0.399. The number of aliphatic imine (C=N–C) groups is 1. The van der Waals surface area contributed by atoms with Gasteiger partial charge in [0.15, 0.2) is 5.96 Å². The number of halogens is 1. The van der Waals surface area contributed by atoms with Crippen LogP contribution in [0.15, 0.2) is 10.4 Å². The third-order valence-electron chi connectivity index (χ3n) is 3.20. The highest BCUT2D eigenvalue weighted by Gasteiger charge is 2.03. The molecule has 1 heterocycles. The van der Waals surface area contributed by atoms with Crippen molar-refractivity contribution in [2.24, 2.45) is 4.99 Å². The van der Waals surface area contributed by atoms with Crippen LogP contribution in [0, 0.1) is 6.92 Å². The van der Waals surface area contributed by atoms with Gasteiger partial charge >= 0.3 is 0 Å². The molecule has 0 spiro atoms. The summed E-state index contributed by atoms with van der Waals surface area (Å²) in [7, 11) is 3.93. The minimum absolute atomic E-state index is 0. The standard InChI is InChI=1S/C14H27N5S.HI/c1-11(2)19(5)9-8-17-14(15-4)16-7-6-13-10-20-12(3)18-13;/h10-11H,6-9H2,1-5H3,(H2,15,16,17);1H. The Kier molecular flexibility index (Phi) is 11.0. The molecule has 7 heteroatoms. The molecule has 0 bridgehead atoms. The van der Waals surface area contributed by atoms with E-state index in [4.69, 9.17) is 0 Å². The van der Waals surface area contributed by atoms with Gasteiger partial charge in [-0.3, -0.25) is 4.99 Å². The van der Waals surface area contributed by atoms with Gasteiger partial charge in [0.2, 0.25) is 0 Å². The second kappa shape index (κ2) is 11.2. The van der Waals surface area contributed by atoms with E-state index < -0.39 is 0 Å². The number of aryl methyl sites for hydroxylation is 1. The smallest absolute Gasteiger partial charge is 0.191 e. The van der Waals surface area contributed by atoms with Gasteiger partial charge in [-0.05, 0) is 27.8 Å². The Bertz CT molecular complexity index is 419. The molecule has 1 rings (SSSR count). The predicted octanol–water partition coefficient (Wildman–Crippen LogP) is 2.12. The van der Waals surface area contributed by atoms with Crippen LogP contribution in [0.3, 0.4) is 0 Å². The highest BCUT2D eigenvalue weighted by atomic mass is 127. The molecule has 0 aliphatic rings. The average molecular weight is 425 g/mol. The van der Waals surface area contributed by atoms with E-state index in [0.717, 1.165) is 42.7 Å². The molecule has 1 aromatic heterocycles. The van der Waals surface area contributed by atoms with Gasteiger partial charge in [-0.2, -0.15) is 0 Å². The molecule has 122 valence electrons. The lowest BCUT2D eigenvalue weighted by molar-refractivity contribution is 0.278. The Hall–Kier alpha value is -0.410. The van der Waals surface area contributed by atoms with E-state index in [1.165, 1.54) is 0 Å². The summed E-state index contributed by atoms with van der Waals surface area (Å²) < 4.78 is 0. The van der Waals surface area contributed by atoms with Crippen LogP contribution in [0.1, 0.15) is 24.5 Å². The molecule has 0 aliphatic carbocycles. The van der Waals surface area contributed by atoms with Crippen molar-refractivity contribution in [1.29, 1.82) is 0 Å². The summed E-state index contributed by atoms with van der Waals surface area (Å²) in [6.07, 6.45) is 0.928. The maximum Gasteiger partial charge on any atom is 0.191 e. The molecule has 0 aliphatic heterocycles. The minimum Gasteiger partial charge on any atom is -0.356 e. The maximum atomic E-state index is 4.45. The van der Waals surface area contributed by atoms with Crippen LogP contribution in [-0.2, 0) is 6.42 Å². The van der Waals surface area contributed by atoms with Gasteiger partial charge in [-0.1, -0.05) is 0 Å². The predicted molar refractivity (Wildman–Crippen MR) is 103 cm³/mol. The van der Waals surface area contributed by atoms with Gasteiger partial charge in [0.1, 0.15) is 0 Å². The van der Waals surface area contributed by atoms with E-state index in [-0.39, 0.29) is 24.0 Å². The topological polar surface area (TPSA) is 52.6 Å². The number of nitrogens with zero attached hydrogens (tertiary/aromatic N) is 3. The van der Waals surface area contributed by atoms with Crippen LogP contribution in [0.2, 0.25) is 0 Å². The number of guanidine groups is 1. The monoisotopic (exact) mass is 425 g/mol. The summed E-state index contributed by atoms with van der Waals surface area (Å²) in [5.74, 6) is 0.856. The Morgan fingerprint density at radius 2 is 2.05 bits per heavy atom. The molecule has 2 N–H and O–H groups in total. The number of thiazole rings is 1. The van der Waals surface area contributed by atoms with Crippen molar-refractivity contribution in [3.8, 4) is 0 Å². The van der Waals surface area contributed by atoms with Gasteiger partial charge in [-0.25, -0.2) is 4.98 Å². The molecule has 21 heavy (non-hydrogen) atoms. The highest BCUT2D eigenvalue weighted by molar-refractivity contribution is 14.0. The molecule has 0 atom stereocenters. The molecule has 0 aromatic carbocycles. The first kappa shape index (κ1) is 20.6. The summed E-state index contributed by atoms with van der Waals surface area (Å²) in [4.78, 5) is 11.0. The van der Waals surface area contributed by atoms with Gasteiger partial charge in [-0.15, -0.1) is 35.3 Å². The van der Waals surface area contributed by atoms with Crippen molar-refractivity contribution in [2.75, 3.05) is 33.7 Å². The van der Waals surface area contributed by atoms with Crippen LogP contribution in [0.5, 0.6) is 0 Å². The largest absolute Gasteiger partial charge is 0.356 e. The van der Waals surface area contributed by atoms with E-state index in [1.54, 1.807) is 18.4 Å². The first-order chi connectivity index (χ1) is 9.52. The number of nitrogens with one attached hydrogen (secondary N) is 2. The van der Waals surface area contributed by atoms with Gasteiger partial charge in [0.05, 0.1) is 10.7 Å². The van der Waals surface area contributed by atoms with Crippen molar-refractivity contribution in [1.82, 2.24) is 20.5 Å². The summed E-state index contributed by atoms with van der Waals surface area (Å²) in [5.41, 5.74) is 1.15. The van der Waals surface area contributed by atoms with Gasteiger partial charge < -0.3 is 15.5 Å². The fraction of sp³-hybridized carbons (Fsp3) is 0.714. The van der Waals surface area contributed by atoms with Crippen LogP contribution in [-0.4, -0.2) is 55.6 Å². The first-order valence-corrected chi connectivity index (χ1v) is 7.96. The SMILES string of the molecule is CN=C(NCCc1csc(C)n1)NCCN(C)C(C)C.I. The normalized spacial score (nSPS) is 11.7. The summed E-state index contributed by atoms with van der Waals surface area (Å²) in [5, 5.41) is 9.88. The van der Waals surface area contributed by atoms with Crippen molar-refractivity contribution >= 4 is 41.3 Å². The Labute approximate surface area is 149 Å². The number of hydrogen-bond donors (Lipinski definition) is 2. The van der Waals surface area contributed by atoms with E-state index >= 15 is 0 Å². The lowest BCUT2D eigenvalue weighted by Gasteiger charge is -2.21. The van der Waals surface area contributed by atoms with Crippen molar-refractivity contribution in [3.05, 3.63) is 16.1 Å². The second-order valence-electron chi connectivity index (χ2n) is 5.11. The minimum atomic E-state index is 0. The fourth-order valence-corrected chi connectivity index (χ4v) is 2.31. The molecule has 5 nitrogen and oxygen atoms in total. The second-order valence-corrected chi connectivity index (χ2v) is 6.17. The highest BCUT2D eigenvalue weighted by Crippen LogP contribution is 2.07. The molecular formula is C14H28IN5S. The third-order valence-corrected chi connectivity index (χ3v) is 4.02. The van der Waals surface area contributed by atoms with E-state index in [1.807, 2.05) is 6.92 Å². The summed E-state index contributed by atoms with van der Waals surface area (Å²) in [6, 6.07) is 0.569. The molecule has 0 unspecified atom stereocenters. The number of hydrogen-bond acceptors (Lipinski definition) is 4. The van der Waals surface area contributed by atoms with Crippen LogP contribution >= 0.6 is 35.3 Å². The van der Waals surface area contributed by atoms with E-state index in [2.05, 4.69) is 51.8 Å². The Morgan fingerprint density at radius 3 is 2.57 bits per heavy atom.